The molecule has 0 spiro atoms. The number of hydrogen-bond acceptors (Lipinski definition) is 9. The lowest BCUT2D eigenvalue weighted by Crippen LogP contribution is -2.60. The minimum absolute atomic E-state index is 0.0498. The summed E-state index contributed by atoms with van der Waals surface area (Å²) in [6.45, 7) is 11.2. The van der Waals surface area contributed by atoms with Crippen molar-refractivity contribution in [1.82, 2.24) is 9.78 Å². The van der Waals surface area contributed by atoms with Crippen LogP contribution in [0.3, 0.4) is 0 Å². The average Bonchev–Trinajstić information content (AvgIpc) is 3.14. The van der Waals surface area contributed by atoms with Crippen LogP contribution in [0, 0.1) is 6.92 Å². The third-order valence-corrected chi connectivity index (χ3v) is 6.00. The predicted molar refractivity (Wildman–Crippen MR) is 131 cm³/mol. The third kappa shape index (κ3) is 6.56. The highest BCUT2D eigenvalue weighted by molar-refractivity contribution is 5.68. The Bertz CT molecular complexity index is 1000. The van der Waals surface area contributed by atoms with Gasteiger partial charge in [-0.1, -0.05) is 19.1 Å². The first-order valence-electron chi connectivity index (χ1n) is 12.4. The van der Waals surface area contributed by atoms with Crippen LogP contribution in [0.4, 0.5) is 0 Å². The monoisotopic (exact) mass is 506 g/mol. The van der Waals surface area contributed by atoms with E-state index in [0.717, 1.165) is 22.6 Å². The number of ether oxygens (including phenoxy) is 4. The number of benzene rings is 1. The van der Waals surface area contributed by atoms with Crippen molar-refractivity contribution in [2.24, 2.45) is 0 Å². The van der Waals surface area contributed by atoms with E-state index < -0.39 is 36.7 Å². The summed E-state index contributed by atoms with van der Waals surface area (Å²) in [6, 6.07) is 7.81. The molecule has 0 radical (unpaired) electrons. The molecule has 1 aliphatic rings. The maximum Gasteiger partial charge on any atom is 0.305 e. The lowest BCUT2D eigenvalue weighted by Gasteiger charge is -2.39. The Kier molecular flexibility index (Phi) is 9.35. The first-order valence-corrected chi connectivity index (χ1v) is 12.4. The second-order valence-corrected chi connectivity index (χ2v) is 9.56. The molecule has 10 nitrogen and oxygen atoms in total. The molecule has 1 aromatic heterocycles. The number of aromatic nitrogens is 2. The zero-order chi connectivity index (χ0) is 26.6. The van der Waals surface area contributed by atoms with E-state index in [9.17, 15) is 20.1 Å². The van der Waals surface area contributed by atoms with Crippen molar-refractivity contribution in [3.8, 4) is 11.6 Å². The number of hydrogen-bond donors (Lipinski definition) is 3. The standard InChI is InChI=1S/C26H38N2O8/c1-7-21(29)33-13-20-22(30)23(31)24(32)26(35-20)36-25-19(16(6)28(27-25)14(2)3)12-17-8-10-18(11-9-17)34-15(4)5/h8-11,14-15,20,22-24,26,30-32H,7,12-13H2,1-6H3/t20-,22-,23+,24-,26+/m1/s1. The molecule has 3 rings (SSSR count). The molecule has 5 atom stereocenters. The van der Waals surface area contributed by atoms with Crippen LogP contribution in [0.15, 0.2) is 24.3 Å². The number of nitrogens with zero attached hydrogens (tertiary/aromatic N) is 2. The highest BCUT2D eigenvalue weighted by Gasteiger charge is 2.46. The Morgan fingerprint density at radius 3 is 2.33 bits per heavy atom. The molecule has 2 heterocycles. The van der Waals surface area contributed by atoms with Gasteiger partial charge in [-0.3, -0.25) is 9.48 Å². The van der Waals surface area contributed by atoms with Gasteiger partial charge in [-0.05, 0) is 52.3 Å². The van der Waals surface area contributed by atoms with Crippen molar-refractivity contribution in [2.45, 2.75) is 97.2 Å². The smallest absolute Gasteiger partial charge is 0.305 e. The van der Waals surface area contributed by atoms with Gasteiger partial charge in [0.1, 0.15) is 36.8 Å². The summed E-state index contributed by atoms with van der Waals surface area (Å²) in [6.07, 6.45) is -6.21. The van der Waals surface area contributed by atoms with Gasteiger partial charge in [0, 0.05) is 30.1 Å². The lowest BCUT2D eigenvalue weighted by atomic mass is 9.99. The van der Waals surface area contributed by atoms with Gasteiger partial charge in [-0.2, -0.15) is 0 Å². The Balaban J connectivity index is 1.84. The molecule has 1 fully saturated rings. The van der Waals surface area contributed by atoms with Gasteiger partial charge >= 0.3 is 5.97 Å². The van der Waals surface area contributed by atoms with E-state index in [1.807, 2.05) is 63.6 Å². The Morgan fingerprint density at radius 1 is 1.08 bits per heavy atom. The summed E-state index contributed by atoms with van der Waals surface area (Å²) in [5, 5.41) is 35.9. The largest absolute Gasteiger partial charge is 0.491 e. The van der Waals surface area contributed by atoms with Crippen molar-refractivity contribution in [2.75, 3.05) is 6.61 Å². The molecule has 1 aromatic carbocycles. The molecule has 2 aromatic rings. The van der Waals surface area contributed by atoms with Gasteiger partial charge in [-0.25, -0.2) is 0 Å². The number of aliphatic hydroxyl groups excluding tert-OH is 3. The van der Waals surface area contributed by atoms with E-state index in [1.165, 1.54) is 0 Å². The number of esters is 1. The Morgan fingerprint density at radius 2 is 1.75 bits per heavy atom. The summed E-state index contributed by atoms with van der Waals surface area (Å²) in [7, 11) is 0. The quantitative estimate of drug-likeness (QED) is 0.415. The van der Waals surface area contributed by atoms with E-state index in [0.29, 0.717) is 6.42 Å². The van der Waals surface area contributed by atoms with Crippen molar-refractivity contribution in [3.05, 3.63) is 41.1 Å². The molecule has 1 aliphatic heterocycles. The predicted octanol–water partition coefficient (Wildman–Crippen LogP) is 2.29. The summed E-state index contributed by atoms with van der Waals surface area (Å²) in [5.74, 6) is 0.559. The molecular weight excluding hydrogens is 468 g/mol. The second kappa shape index (κ2) is 12.1. The van der Waals surface area contributed by atoms with Crippen molar-refractivity contribution in [3.63, 3.8) is 0 Å². The van der Waals surface area contributed by atoms with Gasteiger partial charge in [0.2, 0.25) is 12.2 Å². The lowest BCUT2D eigenvalue weighted by molar-refractivity contribution is -0.279. The fourth-order valence-electron chi connectivity index (χ4n) is 4.03. The molecule has 0 saturated carbocycles. The van der Waals surface area contributed by atoms with Crippen LogP contribution in [-0.2, 0) is 20.7 Å². The Hall–Kier alpha value is -2.66. The van der Waals surface area contributed by atoms with Crippen LogP contribution >= 0.6 is 0 Å². The zero-order valence-electron chi connectivity index (χ0n) is 21.7. The number of carbonyl (C=O) groups excluding carboxylic acids is 1. The minimum atomic E-state index is -1.56. The number of carbonyl (C=O) groups is 1. The number of aliphatic hydroxyl groups is 3. The van der Waals surface area contributed by atoms with Gasteiger partial charge < -0.3 is 34.3 Å². The third-order valence-electron chi connectivity index (χ3n) is 6.00. The summed E-state index contributed by atoms with van der Waals surface area (Å²) >= 11 is 0. The summed E-state index contributed by atoms with van der Waals surface area (Å²) < 4.78 is 24.3. The van der Waals surface area contributed by atoms with E-state index in [4.69, 9.17) is 18.9 Å². The average molecular weight is 507 g/mol. The fourth-order valence-corrected chi connectivity index (χ4v) is 4.03. The molecule has 10 heteroatoms. The molecule has 0 bridgehead atoms. The highest BCUT2D eigenvalue weighted by Crippen LogP contribution is 2.31. The van der Waals surface area contributed by atoms with Crippen LogP contribution in [-0.4, -0.2) is 74.5 Å². The zero-order valence-corrected chi connectivity index (χ0v) is 21.7. The van der Waals surface area contributed by atoms with Crippen molar-refractivity contribution < 1.29 is 39.1 Å². The molecule has 0 amide bonds. The molecule has 3 N–H and O–H groups in total. The highest BCUT2D eigenvalue weighted by atomic mass is 16.7. The van der Waals surface area contributed by atoms with Crippen LogP contribution in [0.5, 0.6) is 11.6 Å². The van der Waals surface area contributed by atoms with Gasteiger partial charge in [-0.15, -0.1) is 5.10 Å². The molecule has 0 unspecified atom stereocenters. The van der Waals surface area contributed by atoms with Crippen molar-refractivity contribution >= 4 is 5.97 Å². The van der Waals surface area contributed by atoms with Gasteiger partial charge in [0.25, 0.3) is 0 Å². The molecule has 36 heavy (non-hydrogen) atoms. The van der Waals surface area contributed by atoms with Crippen LogP contribution in [0.2, 0.25) is 0 Å². The van der Waals surface area contributed by atoms with Gasteiger partial charge in [0.05, 0.1) is 6.10 Å². The van der Waals surface area contributed by atoms with Crippen LogP contribution in [0.25, 0.3) is 0 Å². The first kappa shape index (κ1) is 27.9. The van der Waals surface area contributed by atoms with Crippen molar-refractivity contribution in [1.29, 1.82) is 0 Å². The second-order valence-electron chi connectivity index (χ2n) is 9.56. The molecule has 0 aliphatic carbocycles. The number of rotatable bonds is 10. The minimum Gasteiger partial charge on any atom is -0.491 e. The fraction of sp³-hybridized carbons (Fsp3) is 0.615. The maximum atomic E-state index is 11.6. The molecule has 1 saturated heterocycles. The normalized spacial score (nSPS) is 24.2. The molecular formula is C26H38N2O8. The Labute approximate surface area is 211 Å². The topological polar surface area (TPSA) is 132 Å². The van der Waals surface area contributed by atoms with E-state index in [2.05, 4.69) is 5.10 Å². The van der Waals surface area contributed by atoms with Crippen LogP contribution < -0.4 is 9.47 Å². The maximum absolute atomic E-state index is 11.6. The summed E-state index contributed by atoms with van der Waals surface area (Å²) in [5.41, 5.74) is 2.70. The van der Waals surface area contributed by atoms with Crippen LogP contribution in [0.1, 0.15) is 63.9 Å². The SMILES string of the molecule is CCC(=O)OC[C@H]1O[C@@H](Oc2nn(C(C)C)c(C)c2Cc2ccc(OC(C)C)cc2)[C@H](O)[C@@H](O)[C@@H]1O. The van der Waals surface area contributed by atoms with E-state index in [1.54, 1.807) is 6.92 Å². The van der Waals surface area contributed by atoms with E-state index in [-0.39, 0.29) is 31.1 Å². The van der Waals surface area contributed by atoms with E-state index >= 15 is 0 Å². The molecule has 200 valence electrons. The summed E-state index contributed by atoms with van der Waals surface area (Å²) in [4.78, 5) is 11.6. The van der Waals surface area contributed by atoms with Gasteiger partial charge in [0.15, 0.2) is 0 Å². The first-order chi connectivity index (χ1) is 17.0.